The Morgan fingerprint density at radius 2 is 2.11 bits per heavy atom. The summed E-state index contributed by atoms with van der Waals surface area (Å²) in [5.74, 6) is 4.96. The highest BCUT2D eigenvalue weighted by atomic mass is 32.2. The number of sulfonamides is 1. The molecule has 0 aliphatic heterocycles. The van der Waals surface area contributed by atoms with Gasteiger partial charge in [-0.05, 0) is 19.1 Å². The first-order chi connectivity index (χ1) is 8.97. The third kappa shape index (κ3) is 3.44. The lowest BCUT2D eigenvalue weighted by Gasteiger charge is -2.22. The first kappa shape index (κ1) is 15.4. The molecule has 0 fully saturated rings. The zero-order valence-electron chi connectivity index (χ0n) is 11.0. The number of nitrogen functional groups attached to an aromatic ring is 1. The maximum absolute atomic E-state index is 12.5. The van der Waals surface area contributed by atoms with E-state index < -0.39 is 10.0 Å². The Morgan fingerprint density at radius 3 is 2.63 bits per heavy atom. The van der Waals surface area contributed by atoms with Crippen molar-refractivity contribution in [3.63, 3.8) is 0 Å². The van der Waals surface area contributed by atoms with E-state index in [0.717, 1.165) is 0 Å². The number of hydrogen-bond acceptors (Lipinski definition) is 5. The highest BCUT2D eigenvalue weighted by Gasteiger charge is 2.26. The minimum Gasteiger partial charge on any atom is -0.323 e. The van der Waals surface area contributed by atoms with Crippen LogP contribution in [0.5, 0.6) is 0 Å². The monoisotopic (exact) mass is 282 g/mol. The molecule has 0 heterocycles. The van der Waals surface area contributed by atoms with Gasteiger partial charge < -0.3 is 5.43 Å². The second-order valence-electron chi connectivity index (χ2n) is 4.13. The fourth-order valence-corrected chi connectivity index (χ4v) is 3.39. The van der Waals surface area contributed by atoms with Crippen LogP contribution in [0, 0.1) is 17.2 Å². The van der Waals surface area contributed by atoms with Crippen LogP contribution in [0.3, 0.4) is 0 Å². The number of nitriles is 1. The first-order valence-corrected chi connectivity index (χ1v) is 7.36. The average Bonchev–Trinajstić information content (AvgIpc) is 2.43. The first-order valence-electron chi connectivity index (χ1n) is 5.92. The van der Waals surface area contributed by atoms with Gasteiger partial charge in [0.05, 0.1) is 17.7 Å². The van der Waals surface area contributed by atoms with E-state index in [-0.39, 0.29) is 17.4 Å². The van der Waals surface area contributed by atoms with Gasteiger partial charge in [-0.2, -0.15) is 9.57 Å². The number of para-hydroxylation sites is 1. The molecular formula is C12H18N4O2S. The molecule has 0 saturated heterocycles. The second-order valence-corrected chi connectivity index (χ2v) is 6.03. The molecule has 1 aromatic carbocycles. The van der Waals surface area contributed by atoms with Crippen molar-refractivity contribution in [1.29, 1.82) is 5.26 Å². The lowest BCUT2D eigenvalue weighted by atomic mass is 10.2. The van der Waals surface area contributed by atoms with Crippen LogP contribution in [0.25, 0.3) is 0 Å². The average molecular weight is 282 g/mol. The summed E-state index contributed by atoms with van der Waals surface area (Å²) >= 11 is 0. The molecule has 0 aromatic heterocycles. The third-order valence-electron chi connectivity index (χ3n) is 2.71. The molecule has 7 heteroatoms. The SMILES string of the molecule is CCN(CC(C)C#N)S(=O)(=O)c1ccccc1NN. The standard InChI is InChI=1S/C12H18N4O2S/c1-3-16(9-10(2)8-13)19(17,18)12-7-5-4-6-11(12)15-14/h4-7,10,15H,3,9,14H2,1-2H3. The summed E-state index contributed by atoms with van der Waals surface area (Å²) in [5.41, 5.74) is 2.72. The van der Waals surface area contributed by atoms with Gasteiger partial charge in [-0.25, -0.2) is 8.42 Å². The molecular weight excluding hydrogens is 264 g/mol. The molecule has 0 aliphatic carbocycles. The predicted octanol–water partition coefficient (Wildman–Crippen LogP) is 1.14. The van der Waals surface area contributed by atoms with Gasteiger partial charge in [0.2, 0.25) is 10.0 Å². The lowest BCUT2D eigenvalue weighted by molar-refractivity contribution is 0.400. The van der Waals surface area contributed by atoms with Gasteiger partial charge >= 0.3 is 0 Å². The van der Waals surface area contributed by atoms with Gasteiger partial charge in [0.25, 0.3) is 0 Å². The number of benzene rings is 1. The van der Waals surface area contributed by atoms with Gasteiger partial charge in [-0.15, -0.1) is 0 Å². The lowest BCUT2D eigenvalue weighted by Crippen LogP contribution is -2.35. The Labute approximate surface area is 113 Å². The molecule has 0 spiro atoms. The number of anilines is 1. The maximum atomic E-state index is 12.5. The molecule has 0 amide bonds. The van der Waals surface area contributed by atoms with Crippen LogP contribution in [0.15, 0.2) is 29.2 Å². The fourth-order valence-electron chi connectivity index (χ4n) is 1.69. The molecule has 0 bridgehead atoms. The normalized spacial score (nSPS) is 13.0. The molecule has 6 nitrogen and oxygen atoms in total. The van der Waals surface area contributed by atoms with Crippen molar-refractivity contribution >= 4 is 15.7 Å². The number of nitrogens with one attached hydrogen (secondary N) is 1. The van der Waals surface area contributed by atoms with E-state index in [0.29, 0.717) is 12.2 Å². The zero-order valence-corrected chi connectivity index (χ0v) is 11.8. The number of hydrogen-bond donors (Lipinski definition) is 2. The van der Waals surface area contributed by atoms with Gasteiger partial charge in [-0.3, -0.25) is 5.84 Å². The van der Waals surface area contributed by atoms with Crippen molar-refractivity contribution < 1.29 is 8.42 Å². The Hall–Kier alpha value is -1.62. The van der Waals surface area contributed by atoms with Crippen LogP contribution in [-0.2, 0) is 10.0 Å². The van der Waals surface area contributed by atoms with Gasteiger partial charge in [0.15, 0.2) is 0 Å². The topological polar surface area (TPSA) is 99.2 Å². The Morgan fingerprint density at radius 1 is 1.47 bits per heavy atom. The van der Waals surface area contributed by atoms with Crippen molar-refractivity contribution in [1.82, 2.24) is 4.31 Å². The highest BCUT2D eigenvalue weighted by molar-refractivity contribution is 7.89. The van der Waals surface area contributed by atoms with E-state index in [1.807, 2.05) is 6.07 Å². The molecule has 1 atom stereocenters. The quantitative estimate of drug-likeness (QED) is 0.602. The fraction of sp³-hybridized carbons (Fsp3) is 0.417. The van der Waals surface area contributed by atoms with Crippen LogP contribution in [-0.4, -0.2) is 25.8 Å². The van der Waals surface area contributed by atoms with Gasteiger partial charge in [0, 0.05) is 13.1 Å². The Balaban J connectivity index is 3.18. The van der Waals surface area contributed by atoms with E-state index in [9.17, 15) is 8.42 Å². The Kier molecular flexibility index (Phi) is 5.30. The summed E-state index contributed by atoms with van der Waals surface area (Å²) in [6.45, 7) is 3.88. The number of rotatable bonds is 6. The van der Waals surface area contributed by atoms with Gasteiger partial charge in [-0.1, -0.05) is 19.1 Å². The molecule has 104 valence electrons. The van der Waals surface area contributed by atoms with Crippen LogP contribution in [0.1, 0.15) is 13.8 Å². The van der Waals surface area contributed by atoms with Crippen LogP contribution >= 0.6 is 0 Å². The van der Waals surface area contributed by atoms with Crippen LogP contribution < -0.4 is 11.3 Å². The Bertz CT molecular complexity index is 565. The molecule has 0 aliphatic rings. The molecule has 0 radical (unpaired) electrons. The highest BCUT2D eigenvalue weighted by Crippen LogP contribution is 2.24. The van der Waals surface area contributed by atoms with E-state index in [1.165, 1.54) is 10.4 Å². The molecule has 19 heavy (non-hydrogen) atoms. The molecule has 1 unspecified atom stereocenters. The zero-order chi connectivity index (χ0) is 14.5. The van der Waals surface area contributed by atoms with Crippen molar-refractivity contribution in [2.75, 3.05) is 18.5 Å². The summed E-state index contributed by atoms with van der Waals surface area (Å²) in [4.78, 5) is 0.115. The summed E-state index contributed by atoms with van der Waals surface area (Å²) in [5, 5.41) is 8.81. The van der Waals surface area contributed by atoms with Crippen molar-refractivity contribution in [2.45, 2.75) is 18.7 Å². The van der Waals surface area contributed by atoms with Crippen molar-refractivity contribution in [3.05, 3.63) is 24.3 Å². The summed E-state index contributed by atoms with van der Waals surface area (Å²) in [7, 11) is -3.66. The summed E-state index contributed by atoms with van der Waals surface area (Å²) in [6.07, 6.45) is 0. The molecule has 3 N–H and O–H groups in total. The minimum absolute atomic E-state index is 0.115. The number of nitrogens with two attached hydrogens (primary N) is 1. The van der Waals surface area contributed by atoms with Crippen LogP contribution in [0.2, 0.25) is 0 Å². The van der Waals surface area contributed by atoms with Gasteiger partial charge in [0.1, 0.15) is 4.90 Å². The van der Waals surface area contributed by atoms with Crippen LogP contribution in [0.4, 0.5) is 5.69 Å². The van der Waals surface area contributed by atoms with Crippen molar-refractivity contribution in [2.24, 2.45) is 11.8 Å². The summed E-state index contributed by atoms with van der Waals surface area (Å²) < 4.78 is 26.3. The maximum Gasteiger partial charge on any atom is 0.245 e. The molecule has 0 saturated carbocycles. The number of hydrazine groups is 1. The van der Waals surface area contributed by atoms with E-state index in [2.05, 4.69) is 5.43 Å². The molecule has 1 aromatic rings. The van der Waals surface area contributed by atoms with E-state index >= 15 is 0 Å². The minimum atomic E-state index is -3.66. The summed E-state index contributed by atoms with van der Waals surface area (Å²) in [6, 6.07) is 8.45. The predicted molar refractivity (Wildman–Crippen MR) is 73.5 cm³/mol. The number of nitrogens with zero attached hydrogens (tertiary/aromatic N) is 2. The van der Waals surface area contributed by atoms with E-state index in [1.54, 1.807) is 32.0 Å². The second kappa shape index (κ2) is 6.52. The van der Waals surface area contributed by atoms with E-state index in [4.69, 9.17) is 11.1 Å². The van der Waals surface area contributed by atoms with Crippen molar-refractivity contribution in [3.8, 4) is 6.07 Å². The largest absolute Gasteiger partial charge is 0.323 e. The molecule has 1 rings (SSSR count). The third-order valence-corrected chi connectivity index (χ3v) is 4.71. The smallest absolute Gasteiger partial charge is 0.245 e.